The molecule has 3 aromatic rings. The van der Waals surface area contributed by atoms with Crippen LogP contribution >= 0.6 is 23.4 Å². The number of fused-ring (bicyclic) bond motifs is 1. The summed E-state index contributed by atoms with van der Waals surface area (Å²) in [5.74, 6) is 1.64. The molecule has 7 nitrogen and oxygen atoms in total. The van der Waals surface area contributed by atoms with Crippen molar-refractivity contribution in [1.82, 2.24) is 14.8 Å². The molecule has 1 amide bonds. The average molecular weight is 483 g/mol. The standard InChI is InChI=1S/C24H23ClN4O3S/c1-2-13-29-22(16-5-7-17(25)8-6-16)27-28-23(29)33-15-21(30)26-18-9-10-19-20(14-18)32-24(31-19)11-3-4-12-24/h2,5-10,14H,1,3-4,11-13,15H2,(H,26,30). The largest absolute Gasteiger partial charge is 0.448 e. The minimum Gasteiger partial charge on any atom is -0.448 e. The van der Waals surface area contributed by atoms with Gasteiger partial charge in [0.1, 0.15) is 0 Å². The van der Waals surface area contributed by atoms with Crippen LogP contribution in [0.1, 0.15) is 25.7 Å². The van der Waals surface area contributed by atoms with Crippen molar-refractivity contribution in [2.45, 2.75) is 43.2 Å². The number of carbonyl (C=O) groups excluding carboxylic acids is 1. The second-order valence-electron chi connectivity index (χ2n) is 8.03. The van der Waals surface area contributed by atoms with Gasteiger partial charge in [-0.3, -0.25) is 9.36 Å². The Kier molecular flexibility index (Phi) is 6.03. The minimum atomic E-state index is -0.516. The van der Waals surface area contributed by atoms with E-state index in [4.69, 9.17) is 21.1 Å². The third-order valence-corrected chi connectivity index (χ3v) is 6.87. The number of benzene rings is 2. The van der Waals surface area contributed by atoms with Crippen LogP contribution in [0.4, 0.5) is 5.69 Å². The number of carbonyl (C=O) groups is 1. The Hall–Kier alpha value is -2.97. The molecule has 1 aromatic heterocycles. The van der Waals surface area contributed by atoms with Crippen LogP contribution in [-0.4, -0.2) is 32.2 Å². The Balaban J connectivity index is 1.24. The predicted octanol–water partition coefficient (Wildman–Crippen LogP) is 5.56. The van der Waals surface area contributed by atoms with Crippen molar-refractivity contribution in [3.8, 4) is 22.9 Å². The van der Waals surface area contributed by atoms with Gasteiger partial charge >= 0.3 is 0 Å². The van der Waals surface area contributed by atoms with Gasteiger partial charge in [0.05, 0.1) is 5.75 Å². The van der Waals surface area contributed by atoms with Gasteiger partial charge in [-0.1, -0.05) is 29.4 Å². The van der Waals surface area contributed by atoms with Gasteiger partial charge in [0.15, 0.2) is 22.5 Å². The molecule has 33 heavy (non-hydrogen) atoms. The highest BCUT2D eigenvalue weighted by molar-refractivity contribution is 7.99. The molecule has 1 fully saturated rings. The summed E-state index contributed by atoms with van der Waals surface area (Å²) >= 11 is 7.32. The molecule has 5 rings (SSSR count). The molecule has 170 valence electrons. The Morgan fingerprint density at radius 3 is 2.67 bits per heavy atom. The summed E-state index contributed by atoms with van der Waals surface area (Å²) in [4.78, 5) is 12.6. The number of allylic oxidation sites excluding steroid dienone is 1. The van der Waals surface area contributed by atoms with Crippen molar-refractivity contribution in [2.24, 2.45) is 0 Å². The lowest BCUT2D eigenvalue weighted by atomic mass is 10.2. The maximum absolute atomic E-state index is 12.6. The highest BCUT2D eigenvalue weighted by Gasteiger charge is 2.44. The highest BCUT2D eigenvalue weighted by Crippen LogP contribution is 2.47. The fourth-order valence-electron chi connectivity index (χ4n) is 4.12. The van der Waals surface area contributed by atoms with Gasteiger partial charge in [0.2, 0.25) is 5.91 Å². The van der Waals surface area contributed by atoms with Gasteiger partial charge in [0.25, 0.3) is 5.79 Å². The van der Waals surface area contributed by atoms with E-state index >= 15 is 0 Å². The summed E-state index contributed by atoms with van der Waals surface area (Å²) in [6.07, 6.45) is 5.76. The maximum Gasteiger partial charge on any atom is 0.251 e. The third-order valence-electron chi connectivity index (χ3n) is 5.65. The van der Waals surface area contributed by atoms with Crippen LogP contribution in [0, 0.1) is 0 Å². The first-order valence-corrected chi connectivity index (χ1v) is 12.2. The number of nitrogens with zero attached hydrogens (tertiary/aromatic N) is 3. The molecule has 0 saturated heterocycles. The van der Waals surface area contributed by atoms with E-state index in [0.717, 1.165) is 37.0 Å². The molecule has 9 heteroatoms. The molecule has 1 aliphatic carbocycles. The normalized spacial score (nSPS) is 15.7. The molecule has 2 aliphatic rings. The number of ether oxygens (including phenoxy) is 2. The summed E-state index contributed by atoms with van der Waals surface area (Å²) < 4.78 is 14.0. The molecule has 2 heterocycles. The number of anilines is 1. The molecule has 0 bridgehead atoms. The second kappa shape index (κ2) is 9.11. The topological polar surface area (TPSA) is 78.3 Å². The lowest BCUT2D eigenvalue weighted by molar-refractivity contribution is -0.113. The van der Waals surface area contributed by atoms with Gasteiger partial charge in [-0.25, -0.2) is 0 Å². The molecule has 0 radical (unpaired) electrons. The minimum absolute atomic E-state index is 0.143. The zero-order valence-electron chi connectivity index (χ0n) is 17.9. The van der Waals surface area contributed by atoms with E-state index in [1.807, 2.05) is 47.0 Å². The number of nitrogens with one attached hydrogen (secondary N) is 1. The Morgan fingerprint density at radius 2 is 1.91 bits per heavy atom. The monoisotopic (exact) mass is 482 g/mol. The number of hydrogen-bond donors (Lipinski definition) is 1. The van der Waals surface area contributed by atoms with E-state index in [2.05, 4.69) is 22.1 Å². The predicted molar refractivity (Wildman–Crippen MR) is 129 cm³/mol. The van der Waals surface area contributed by atoms with E-state index < -0.39 is 5.79 Å². The summed E-state index contributed by atoms with van der Waals surface area (Å²) in [7, 11) is 0. The SMILES string of the molecule is C=CCn1c(SCC(=O)Nc2ccc3c(c2)OC2(CCCC2)O3)nnc1-c1ccc(Cl)cc1. The van der Waals surface area contributed by atoms with Crippen molar-refractivity contribution in [3.63, 3.8) is 0 Å². The molecular formula is C24H23ClN4O3S. The van der Waals surface area contributed by atoms with E-state index in [-0.39, 0.29) is 11.7 Å². The molecular weight excluding hydrogens is 460 g/mol. The first kappa shape index (κ1) is 21.9. The van der Waals surface area contributed by atoms with Gasteiger partial charge in [-0.05, 0) is 49.2 Å². The molecule has 1 saturated carbocycles. The zero-order chi connectivity index (χ0) is 22.8. The quantitative estimate of drug-likeness (QED) is 0.351. The fourth-order valence-corrected chi connectivity index (χ4v) is 4.99. The summed E-state index contributed by atoms with van der Waals surface area (Å²) in [6.45, 7) is 4.35. The van der Waals surface area contributed by atoms with Gasteiger partial charge in [-0.15, -0.1) is 16.8 Å². The molecule has 2 aromatic carbocycles. The van der Waals surface area contributed by atoms with Crippen LogP contribution in [0.15, 0.2) is 60.3 Å². The Labute approximate surface area is 201 Å². The van der Waals surface area contributed by atoms with Crippen LogP contribution in [0.3, 0.4) is 0 Å². The molecule has 1 N–H and O–H groups in total. The Morgan fingerprint density at radius 1 is 1.15 bits per heavy atom. The van der Waals surface area contributed by atoms with Crippen LogP contribution in [-0.2, 0) is 11.3 Å². The van der Waals surface area contributed by atoms with Crippen molar-refractivity contribution in [1.29, 1.82) is 0 Å². The average Bonchev–Trinajstić information content (AvgIpc) is 3.52. The molecule has 1 aliphatic heterocycles. The third kappa shape index (κ3) is 4.58. The van der Waals surface area contributed by atoms with E-state index in [1.54, 1.807) is 6.08 Å². The summed E-state index contributed by atoms with van der Waals surface area (Å²) in [5, 5.41) is 12.8. The van der Waals surface area contributed by atoms with Gasteiger partial charge < -0.3 is 14.8 Å². The van der Waals surface area contributed by atoms with E-state index in [1.165, 1.54) is 11.8 Å². The van der Waals surface area contributed by atoms with Crippen molar-refractivity contribution < 1.29 is 14.3 Å². The molecule has 1 spiro atoms. The number of rotatable bonds is 7. The number of halogens is 1. The van der Waals surface area contributed by atoms with Gasteiger partial charge in [0, 0.05) is 41.7 Å². The Bertz CT molecular complexity index is 1190. The first-order valence-electron chi connectivity index (χ1n) is 10.8. The lowest BCUT2D eigenvalue weighted by Crippen LogP contribution is -2.34. The van der Waals surface area contributed by atoms with Crippen LogP contribution in [0.2, 0.25) is 5.02 Å². The molecule has 0 unspecified atom stereocenters. The fraction of sp³-hybridized carbons (Fsp3) is 0.292. The maximum atomic E-state index is 12.6. The second-order valence-corrected chi connectivity index (χ2v) is 9.41. The zero-order valence-corrected chi connectivity index (χ0v) is 19.5. The number of amides is 1. The number of hydrogen-bond acceptors (Lipinski definition) is 6. The van der Waals surface area contributed by atoms with Crippen molar-refractivity contribution >= 4 is 35.0 Å². The number of aromatic nitrogens is 3. The van der Waals surface area contributed by atoms with Crippen LogP contribution in [0.25, 0.3) is 11.4 Å². The van der Waals surface area contributed by atoms with Gasteiger partial charge in [-0.2, -0.15) is 0 Å². The van der Waals surface area contributed by atoms with Crippen molar-refractivity contribution in [2.75, 3.05) is 11.1 Å². The smallest absolute Gasteiger partial charge is 0.251 e. The van der Waals surface area contributed by atoms with E-state index in [0.29, 0.717) is 34.0 Å². The van der Waals surface area contributed by atoms with Crippen LogP contribution in [0.5, 0.6) is 11.5 Å². The summed E-state index contributed by atoms with van der Waals surface area (Å²) in [6, 6.07) is 12.9. The van der Waals surface area contributed by atoms with Crippen molar-refractivity contribution in [3.05, 3.63) is 60.1 Å². The molecule has 0 atom stereocenters. The first-order chi connectivity index (χ1) is 16.0. The summed E-state index contributed by atoms with van der Waals surface area (Å²) in [5.41, 5.74) is 1.57. The highest BCUT2D eigenvalue weighted by atomic mass is 35.5. The number of thioether (sulfide) groups is 1. The van der Waals surface area contributed by atoms with Crippen LogP contribution < -0.4 is 14.8 Å². The van der Waals surface area contributed by atoms with E-state index in [9.17, 15) is 4.79 Å². The lowest BCUT2D eigenvalue weighted by Gasteiger charge is -2.21.